The van der Waals surface area contributed by atoms with Crippen molar-refractivity contribution < 1.29 is 14.3 Å². The average Bonchev–Trinajstić information content (AvgIpc) is 3.24. The molecule has 178 valence electrons. The van der Waals surface area contributed by atoms with Crippen molar-refractivity contribution in [3.05, 3.63) is 18.6 Å². The Morgan fingerprint density at radius 2 is 2.06 bits per heavy atom. The minimum atomic E-state index is -0.432. The van der Waals surface area contributed by atoms with Crippen LogP contribution in [0.4, 0.5) is 10.6 Å². The van der Waals surface area contributed by atoms with Crippen molar-refractivity contribution in [2.24, 2.45) is 5.92 Å². The van der Waals surface area contributed by atoms with Crippen LogP contribution in [-0.4, -0.2) is 76.8 Å². The number of hydrogen-bond acceptors (Lipinski definition) is 8. The summed E-state index contributed by atoms with van der Waals surface area (Å²) < 4.78 is 7.11. The van der Waals surface area contributed by atoms with Gasteiger partial charge in [0.05, 0.1) is 17.5 Å². The molecule has 0 radical (unpaired) electrons. The maximum atomic E-state index is 12.8. The van der Waals surface area contributed by atoms with E-state index in [0.717, 1.165) is 37.7 Å². The average molecular weight is 476 g/mol. The predicted molar refractivity (Wildman–Crippen MR) is 125 cm³/mol. The zero-order valence-electron chi connectivity index (χ0n) is 18.9. The summed E-state index contributed by atoms with van der Waals surface area (Å²) in [5.74, 6) is 0.899. The number of piperidine rings is 2. The first-order valence-corrected chi connectivity index (χ1v) is 11.1. The highest BCUT2D eigenvalue weighted by Crippen LogP contribution is 2.30. The van der Waals surface area contributed by atoms with E-state index in [0.29, 0.717) is 30.5 Å². The van der Waals surface area contributed by atoms with E-state index in [4.69, 9.17) is 10.00 Å². The van der Waals surface area contributed by atoms with Gasteiger partial charge in [-0.1, -0.05) is 6.92 Å². The predicted octanol–water partition coefficient (Wildman–Crippen LogP) is 2.18. The summed E-state index contributed by atoms with van der Waals surface area (Å²) in [6.07, 6.45) is 4.95. The molecule has 0 unspecified atom stereocenters. The molecule has 11 heteroatoms. The molecule has 4 heterocycles. The van der Waals surface area contributed by atoms with Crippen LogP contribution < -0.4 is 10.2 Å². The van der Waals surface area contributed by atoms with E-state index in [1.165, 1.54) is 10.9 Å². The molecule has 0 saturated carbocycles. The quantitative estimate of drug-likeness (QED) is 0.715. The van der Waals surface area contributed by atoms with Gasteiger partial charge in [0.15, 0.2) is 5.65 Å². The molecule has 1 N–H and O–H groups in total. The first kappa shape index (κ1) is 24.7. The Kier molecular flexibility index (Phi) is 8.10. The van der Waals surface area contributed by atoms with Gasteiger partial charge in [0.25, 0.3) is 0 Å². The van der Waals surface area contributed by atoms with Crippen molar-refractivity contribution in [2.75, 3.05) is 38.1 Å². The van der Waals surface area contributed by atoms with Crippen LogP contribution >= 0.6 is 12.4 Å². The second-order valence-corrected chi connectivity index (χ2v) is 8.57. The minimum Gasteiger partial charge on any atom is -0.445 e. The molecule has 0 aliphatic carbocycles. The summed E-state index contributed by atoms with van der Waals surface area (Å²) in [4.78, 5) is 37.7. The Balaban J connectivity index is 0.00000306. The number of likely N-dealkylation sites (N-methyl/N-ethyl adjacent to an activating group) is 1. The molecule has 10 nitrogen and oxygen atoms in total. The Morgan fingerprint density at radius 1 is 1.30 bits per heavy atom. The highest BCUT2D eigenvalue weighted by molar-refractivity contribution is 5.93. The number of nitrogens with one attached hydrogen (secondary N) is 1. The molecule has 2 fully saturated rings. The van der Waals surface area contributed by atoms with Gasteiger partial charge in [-0.05, 0) is 44.3 Å². The fourth-order valence-electron chi connectivity index (χ4n) is 4.60. The lowest BCUT2D eigenvalue weighted by atomic mass is 9.92. The maximum Gasteiger partial charge on any atom is 0.419 e. The van der Waals surface area contributed by atoms with E-state index in [1.54, 1.807) is 11.1 Å². The molecular formula is C22H30ClN7O3. The van der Waals surface area contributed by atoms with Gasteiger partial charge in [0.2, 0.25) is 5.91 Å². The molecule has 2 aromatic heterocycles. The summed E-state index contributed by atoms with van der Waals surface area (Å²) in [5.41, 5.74) is 0.502. The summed E-state index contributed by atoms with van der Waals surface area (Å²) >= 11 is 0. The van der Waals surface area contributed by atoms with E-state index in [-0.39, 0.29) is 36.9 Å². The molecule has 2 aliphatic heterocycles. The largest absolute Gasteiger partial charge is 0.445 e. The smallest absolute Gasteiger partial charge is 0.419 e. The van der Waals surface area contributed by atoms with E-state index in [2.05, 4.69) is 27.1 Å². The number of fused-ring (bicyclic) bond motifs is 1. The number of anilines is 1. The number of rotatable bonds is 4. The van der Waals surface area contributed by atoms with Crippen LogP contribution in [0, 0.1) is 17.2 Å². The highest BCUT2D eigenvalue weighted by Gasteiger charge is 2.33. The number of halogens is 1. The van der Waals surface area contributed by atoms with Crippen LogP contribution in [0.25, 0.3) is 11.0 Å². The lowest BCUT2D eigenvalue weighted by molar-refractivity contribution is -0.131. The van der Waals surface area contributed by atoms with Crippen molar-refractivity contribution in [1.29, 1.82) is 5.26 Å². The number of nitriles is 1. The van der Waals surface area contributed by atoms with Gasteiger partial charge in [-0.15, -0.1) is 12.4 Å². The van der Waals surface area contributed by atoms with Crippen LogP contribution in [0.1, 0.15) is 32.6 Å². The van der Waals surface area contributed by atoms with Gasteiger partial charge in [-0.25, -0.2) is 19.3 Å². The third-order valence-corrected chi connectivity index (χ3v) is 6.54. The van der Waals surface area contributed by atoms with Crippen LogP contribution in [0.15, 0.2) is 18.6 Å². The SMILES string of the molecule is C[C@@H]1CCN(C(=O)CC#N)C[C@@H]1N(C)c1ncnc2c1ccn2C(=O)OC1CCNCC1.Cl. The van der Waals surface area contributed by atoms with Crippen molar-refractivity contribution in [3.8, 4) is 6.07 Å². The molecule has 0 bridgehead atoms. The second kappa shape index (κ2) is 10.8. The number of hydrogen-bond donors (Lipinski definition) is 1. The van der Waals surface area contributed by atoms with E-state index < -0.39 is 6.09 Å². The third-order valence-electron chi connectivity index (χ3n) is 6.54. The molecule has 2 aliphatic rings. The van der Waals surface area contributed by atoms with E-state index >= 15 is 0 Å². The molecule has 0 aromatic carbocycles. The number of nitrogens with zero attached hydrogens (tertiary/aromatic N) is 6. The number of carbonyl (C=O) groups excluding carboxylic acids is 2. The third kappa shape index (κ3) is 5.20. The topological polar surface area (TPSA) is 116 Å². The summed E-state index contributed by atoms with van der Waals surface area (Å²) in [7, 11) is 1.95. The first-order chi connectivity index (χ1) is 15.5. The second-order valence-electron chi connectivity index (χ2n) is 8.57. The number of aromatic nitrogens is 3. The normalized spacial score (nSPS) is 21.2. The summed E-state index contributed by atoms with van der Waals surface area (Å²) in [5, 5.41) is 12.9. The molecule has 2 aromatic rings. The molecule has 2 saturated heterocycles. The van der Waals surface area contributed by atoms with E-state index in [9.17, 15) is 9.59 Å². The number of likely N-dealkylation sites (tertiary alicyclic amines) is 1. The summed E-state index contributed by atoms with van der Waals surface area (Å²) in [6.45, 7) is 5.03. The summed E-state index contributed by atoms with van der Waals surface area (Å²) in [6, 6.07) is 3.81. The molecule has 4 rings (SSSR count). The standard InChI is InChI=1S/C22H29N7O3.ClH/c1-15-6-11-28(19(30)3-8-23)13-18(15)27(2)20-17-7-12-29(21(17)26-14-25-20)22(31)32-16-4-9-24-10-5-16;/h7,12,14-16,18,24H,3-6,9-11,13H2,1-2H3;1H/t15-,18+;/m1./s1. The van der Waals surface area contributed by atoms with E-state index in [1.807, 2.05) is 19.2 Å². The lowest BCUT2D eigenvalue weighted by Crippen LogP contribution is -2.52. The zero-order valence-corrected chi connectivity index (χ0v) is 19.8. The van der Waals surface area contributed by atoms with Crippen molar-refractivity contribution in [1.82, 2.24) is 24.8 Å². The molecule has 33 heavy (non-hydrogen) atoms. The van der Waals surface area contributed by atoms with Crippen LogP contribution in [0.3, 0.4) is 0 Å². The Labute approximate surface area is 199 Å². The van der Waals surface area contributed by atoms with Gasteiger partial charge < -0.3 is 19.9 Å². The van der Waals surface area contributed by atoms with Gasteiger partial charge in [0.1, 0.15) is 24.7 Å². The first-order valence-electron chi connectivity index (χ1n) is 11.1. The maximum absolute atomic E-state index is 12.8. The number of amides is 1. The van der Waals surface area contributed by atoms with Crippen LogP contribution in [0.5, 0.6) is 0 Å². The van der Waals surface area contributed by atoms with Crippen molar-refractivity contribution in [2.45, 2.75) is 44.8 Å². The fourth-order valence-corrected chi connectivity index (χ4v) is 4.60. The number of carbonyl (C=O) groups is 2. The Bertz CT molecular complexity index is 1030. The van der Waals surface area contributed by atoms with Crippen molar-refractivity contribution in [3.63, 3.8) is 0 Å². The van der Waals surface area contributed by atoms with Gasteiger partial charge >= 0.3 is 6.09 Å². The Hall–Kier alpha value is -2.90. The van der Waals surface area contributed by atoms with Crippen LogP contribution in [0.2, 0.25) is 0 Å². The molecule has 2 atom stereocenters. The monoisotopic (exact) mass is 475 g/mol. The van der Waals surface area contributed by atoms with Gasteiger partial charge in [-0.2, -0.15) is 5.26 Å². The van der Waals surface area contributed by atoms with Crippen LogP contribution in [-0.2, 0) is 9.53 Å². The number of ether oxygens (including phenoxy) is 1. The Morgan fingerprint density at radius 3 is 2.79 bits per heavy atom. The van der Waals surface area contributed by atoms with Crippen molar-refractivity contribution >= 4 is 41.3 Å². The zero-order chi connectivity index (χ0) is 22.7. The lowest BCUT2D eigenvalue weighted by Gasteiger charge is -2.42. The molecule has 0 spiro atoms. The minimum absolute atomic E-state index is 0. The van der Waals surface area contributed by atoms with Gasteiger partial charge in [-0.3, -0.25) is 4.79 Å². The molecule has 1 amide bonds. The van der Waals surface area contributed by atoms with Gasteiger partial charge in [0, 0.05) is 26.3 Å². The highest BCUT2D eigenvalue weighted by atomic mass is 35.5. The fraction of sp³-hybridized carbons (Fsp3) is 0.591. The molecular weight excluding hydrogens is 446 g/mol.